The SMILES string of the molecule is CC1(C)c2ccccc2-c2c(N(c3ccc(-c4cccc5cccc(-c6ccccc6)c45)cc3)c3ccccc3-c3ccccc3)cccc21. The number of hydrogen-bond donors (Lipinski definition) is 0. The second kappa shape index (κ2) is 12.1. The van der Waals surface area contributed by atoms with Gasteiger partial charge in [0.1, 0.15) is 0 Å². The highest BCUT2D eigenvalue weighted by molar-refractivity contribution is 6.06. The summed E-state index contributed by atoms with van der Waals surface area (Å²) in [5.41, 5.74) is 16.0. The fourth-order valence-electron chi connectivity index (χ4n) is 8.09. The van der Waals surface area contributed by atoms with Gasteiger partial charge in [0.15, 0.2) is 0 Å². The molecule has 238 valence electrons. The highest BCUT2D eigenvalue weighted by atomic mass is 15.1. The summed E-state index contributed by atoms with van der Waals surface area (Å²) in [5, 5.41) is 2.52. The fraction of sp³-hybridized carbons (Fsp3) is 0.0612. The van der Waals surface area contributed by atoms with E-state index in [-0.39, 0.29) is 5.41 Å². The van der Waals surface area contributed by atoms with Crippen molar-refractivity contribution in [2.75, 3.05) is 4.90 Å². The van der Waals surface area contributed by atoms with Crippen LogP contribution in [0.15, 0.2) is 188 Å². The maximum Gasteiger partial charge on any atom is 0.0543 e. The molecule has 0 aromatic heterocycles. The zero-order chi connectivity index (χ0) is 33.7. The first-order chi connectivity index (χ1) is 24.6. The van der Waals surface area contributed by atoms with Gasteiger partial charge in [0.05, 0.1) is 11.4 Å². The predicted molar refractivity (Wildman–Crippen MR) is 213 cm³/mol. The number of anilines is 3. The van der Waals surface area contributed by atoms with E-state index in [4.69, 9.17) is 0 Å². The van der Waals surface area contributed by atoms with Gasteiger partial charge in [0.25, 0.3) is 0 Å². The monoisotopic (exact) mass is 639 g/mol. The van der Waals surface area contributed by atoms with Gasteiger partial charge in [-0.25, -0.2) is 0 Å². The summed E-state index contributed by atoms with van der Waals surface area (Å²) >= 11 is 0. The largest absolute Gasteiger partial charge is 0.309 e. The molecule has 9 rings (SSSR count). The van der Waals surface area contributed by atoms with Crippen molar-refractivity contribution < 1.29 is 0 Å². The highest BCUT2D eigenvalue weighted by Gasteiger charge is 2.37. The highest BCUT2D eigenvalue weighted by Crippen LogP contribution is 2.55. The van der Waals surface area contributed by atoms with Crippen LogP contribution in [0.3, 0.4) is 0 Å². The van der Waals surface area contributed by atoms with E-state index in [1.807, 2.05) is 0 Å². The van der Waals surface area contributed by atoms with Crippen LogP contribution in [0.5, 0.6) is 0 Å². The zero-order valence-corrected chi connectivity index (χ0v) is 28.3. The maximum absolute atomic E-state index is 2.47. The first-order valence-electron chi connectivity index (χ1n) is 17.5. The molecule has 1 heteroatoms. The van der Waals surface area contributed by atoms with Gasteiger partial charge >= 0.3 is 0 Å². The summed E-state index contributed by atoms with van der Waals surface area (Å²) in [5.74, 6) is 0. The van der Waals surface area contributed by atoms with Crippen molar-refractivity contribution in [3.8, 4) is 44.5 Å². The van der Waals surface area contributed by atoms with E-state index in [0.29, 0.717) is 0 Å². The molecule has 1 aliphatic rings. The third kappa shape index (κ3) is 4.85. The van der Waals surface area contributed by atoms with Gasteiger partial charge in [-0.1, -0.05) is 178 Å². The summed E-state index contributed by atoms with van der Waals surface area (Å²) in [6.07, 6.45) is 0. The van der Waals surface area contributed by atoms with Crippen LogP contribution < -0.4 is 4.90 Å². The van der Waals surface area contributed by atoms with Crippen LogP contribution in [0.25, 0.3) is 55.3 Å². The topological polar surface area (TPSA) is 3.24 Å². The van der Waals surface area contributed by atoms with Crippen molar-refractivity contribution in [3.05, 3.63) is 199 Å². The number of benzene rings is 8. The molecule has 0 aliphatic heterocycles. The number of rotatable bonds is 6. The number of hydrogen-bond acceptors (Lipinski definition) is 1. The molecule has 1 nitrogen and oxygen atoms in total. The van der Waals surface area contributed by atoms with E-state index in [0.717, 1.165) is 11.4 Å². The molecule has 0 bridgehead atoms. The summed E-state index contributed by atoms with van der Waals surface area (Å²) < 4.78 is 0. The van der Waals surface area contributed by atoms with Crippen molar-refractivity contribution in [1.82, 2.24) is 0 Å². The molecule has 0 fully saturated rings. The fourth-order valence-corrected chi connectivity index (χ4v) is 8.09. The minimum absolute atomic E-state index is 0.0960. The average Bonchev–Trinajstić information content (AvgIpc) is 3.42. The van der Waals surface area contributed by atoms with Crippen LogP contribution in [-0.2, 0) is 5.41 Å². The lowest BCUT2D eigenvalue weighted by Crippen LogP contribution is -2.16. The Labute approximate surface area is 294 Å². The lowest BCUT2D eigenvalue weighted by Gasteiger charge is -2.30. The first kappa shape index (κ1) is 29.9. The second-order valence-electron chi connectivity index (χ2n) is 13.7. The molecular weight excluding hydrogens is 603 g/mol. The molecule has 8 aromatic rings. The van der Waals surface area contributed by atoms with Gasteiger partial charge in [-0.05, 0) is 79.5 Å². The maximum atomic E-state index is 2.47. The third-order valence-electron chi connectivity index (χ3n) is 10.5. The zero-order valence-electron chi connectivity index (χ0n) is 28.3. The van der Waals surface area contributed by atoms with Crippen LogP contribution in [0, 0.1) is 0 Å². The Balaban J connectivity index is 1.25. The molecule has 50 heavy (non-hydrogen) atoms. The number of para-hydroxylation sites is 1. The Kier molecular flexibility index (Phi) is 7.21. The van der Waals surface area contributed by atoms with E-state index in [2.05, 4.69) is 207 Å². The Morgan fingerprint density at radius 2 is 0.840 bits per heavy atom. The van der Waals surface area contributed by atoms with Crippen molar-refractivity contribution >= 4 is 27.8 Å². The molecular formula is C49H37N. The third-order valence-corrected chi connectivity index (χ3v) is 10.5. The Morgan fingerprint density at radius 3 is 1.52 bits per heavy atom. The molecule has 0 unspecified atom stereocenters. The van der Waals surface area contributed by atoms with Crippen molar-refractivity contribution in [1.29, 1.82) is 0 Å². The molecule has 0 saturated carbocycles. The van der Waals surface area contributed by atoms with Gasteiger partial charge < -0.3 is 4.90 Å². The lowest BCUT2D eigenvalue weighted by atomic mass is 9.82. The predicted octanol–water partition coefficient (Wildman–Crippen LogP) is 13.6. The molecule has 1 aliphatic carbocycles. The van der Waals surface area contributed by atoms with Crippen molar-refractivity contribution in [3.63, 3.8) is 0 Å². The van der Waals surface area contributed by atoms with Gasteiger partial charge in [-0.2, -0.15) is 0 Å². The average molecular weight is 640 g/mol. The summed E-state index contributed by atoms with van der Waals surface area (Å²) in [7, 11) is 0. The van der Waals surface area contributed by atoms with E-state index < -0.39 is 0 Å². The molecule has 0 saturated heterocycles. The lowest BCUT2D eigenvalue weighted by molar-refractivity contribution is 0.660. The molecule has 0 amide bonds. The standard InChI is InChI=1S/C49H37N/c1-49(2)43-26-11-9-23-42(43)48-44(49)27-15-29-46(48)50(45-28-12-10-22-39(45)34-16-5-3-6-17-34)38-32-30-36(31-33-38)41-25-14-21-37-20-13-24-40(47(37)41)35-18-7-4-8-19-35/h3-33H,1-2H3. The molecule has 0 N–H and O–H groups in total. The van der Waals surface area contributed by atoms with E-state index in [9.17, 15) is 0 Å². The van der Waals surface area contributed by atoms with Crippen LogP contribution in [0.4, 0.5) is 17.1 Å². The Morgan fingerprint density at radius 1 is 0.360 bits per heavy atom. The second-order valence-corrected chi connectivity index (χ2v) is 13.7. The van der Waals surface area contributed by atoms with Gasteiger partial charge in [-0.3, -0.25) is 0 Å². The van der Waals surface area contributed by atoms with Crippen LogP contribution in [-0.4, -0.2) is 0 Å². The molecule has 0 spiro atoms. The van der Waals surface area contributed by atoms with Crippen molar-refractivity contribution in [2.45, 2.75) is 19.3 Å². The smallest absolute Gasteiger partial charge is 0.0543 e. The quantitative estimate of drug-likeness (QED) is 0.175. The minimum Gasteiger partial charge on any atom is -0.309 e. The van der Waals surface area contributed by atoms with Gasteiger partial charge in [-0.15, -0.1) is 0 Å². The van der Waals surface area contributed by atoms with E-state index >= 15 is 0 Å². The van der Waals surface area contributed by atoms with Crippen LogP contribution >= 0.6 is 0 Å². The molecule has 8 aromatic carbocycles. The molecule has 0 heterocycles. The van der Waals surface area contributed by atoms with E-state index in [1.54, 1.807) is 0 Å². The molecule has 0 radical (unpaired) electrons. The van der Waals surface area contributed by atoms with Crippen LogP contribution in [0.1, 0.15) is 25.0 Å². The van der Waals surface area contributed by atoms with Crippen LogP contribution in [0.2, 0.25) is 0 Å². The van der Waals surface area contributed by atoms with Gasteiger partial charge in [0.2, 0.25) is 0 Å². The summed E-state index contributed by atoms with van der Waals surface area (Å²) in [6, 6.07) is 68.5. The van der Waals surface area contributed by atoms with Gasteiger partial charge in [0, 0.05) is 22.2 Å². The number of nitrogens with zero attached hydrogens (tertiary/aromatic N) is 1. The first-order valence-corrected chi connectivity index (χ1v) is 17.5. The number of fused-ring (bicyclic) bond motifs is 4. The Hall–Kier alpha value is -6.18. The van der Waals surface area contributed by atoms with Crippen molar-refractivity contribution in [2.24, 2.45) is 0 Å². The Bertz CT molecular complexity index is 2490. The van der Waals surface area contributed by atoms with E-state index in [1.165, 1.54) is 72.1 Å². The minimum atomic E-state index is -0.0960. The normalized spacial score (nSPS) is 12.8. The molecule has 0 atom stereocenters. The summed E-state index contributed by atoms with van der Waals surface area (Å²) in [6.45, 7) is 4.71. The summed E-state index contributed by atoms with van der Waals surface area (Å²) in [4.78, 5) is 2.47.